The van der Waals surface area contributed by atoms with Gasteiger partial charge in [-0.15, -0.1) is 11.3 Å². The predicted molar refractivity (Wildman–Crippen MR) is 203 cm³/mol. The summed E-state index contributed by atoms with van der Waals surface area (Å²) in [6, 6.07) is 59.7. The molecule has 0 fully saturated rings. The van der Waals surface area contributed by atoms with Crippen molar-refractivity contribution >= 4 is 75.4 Å². The van der Waals surface area contributed by atoms with E-state index in [0.717, 1.165) is 16.1 Å². The Morgan fingerprint density at radius 2 is 1.00 bits per heavy atom. The molecule has 1 aromatic heterocycles. The fourth-order valence-corrected chi connectivity index (χ4v) is 8.70. The maximum absolute atomic E-state index is 5.04. The third-order valence-corrected chi connectivity index (χ3v) is 10.8. The molecule has 1 nitrogen and oxygen atoms in total. The maximum atomic E-state index is 5.04. The van der Waals surface area contributed by atoms with Crippen LogP contribution in [0.2, 0.25) is 0 Å². The molecular formula is C45H27NS. The molecule has 0 unspecified atom stereocenters. The number of rotatable bonds is 3. The number of nitrogens with zero attached hydrogens (tertiary/aromatic N) is 1. The topological polar surface area (TPSA) is 12.9 Å². The van der Waals surface area contributed by atoms with Gasteiger partial charge in [-0.25, -0.2) is 4.98 Å². The first kappa shape index (κ1) is 26.4. The number of aromatic nitrogens is 1. The lowest BCUT2D eigenvalue weighted by Gasteiger charge is -2.19. The molecule has 9 aromatic carbocycles. The Morgan fingerprint density at radius 3 is 1.77 bits per heavy atom. The molecule has 0 amide bonds. The summed E-state index contributed by atoms with van der Waals surface area (Å²) in [5.41, 5.74) is 7.30. The zero-order chi connectivity index (χ0) is 30.9. The third kappa shape index (κ3) is 4.05. The maximum Gasteiger partial charge on any atom is 0.124 e. The van der Waals surface area contributed by atoms with E-state index < -0.39 is 0 Å². The predicted octanol–water partition coefficient (Wildman–Crippen LogP) is 13.1. The molecule has 2 heteroatoms. The Hall–Kier alpha value is -5.83. The monoisotopic (exact) mass is 613 g/mol. The molecule has 10 rings (SSSR count). The van der Waals surface area contributed by atoms with Crippen LogP contribution < -0.4 is 0 Å². The minimum absolute atomic E-state index is 1.05. The van der Waals surface area contributed by atoms with Crippen molar-refractivity contribution in [3.63, 3.8) is 0 Å². The zero-order valence-corrected chi connectivity index (χ0v) is 26.3. The van der Waals surface area contributed by atoms with E-state index in [1.54, 1.807) is 11.3 Å². The van der Waals surface area contributed by atoms with Gasteiger partial charge in [0.05, 0.1) is 10.2 Å². The van der Waals surface area contributed by atoms with Crippen LogP contribution in [-0.4, -0.2) is 4.98 Å². The Bertz CT molecular complexity index is 2780. The Balaban J connectivity index is 1.24. The highest BCUT2D eigenvalue weighted by molar-refractivity contribution is 7.22. The molecule has 0 aliphatic rings. The highest BCUT2D eigenvalue weighted by atomic mass is 32.1. The van der Waals surface area contributed by atoms with Crippen molar-refractivity contribution in [2.75, 3.05) is 0 Å². The molecule has 0 aliphatic heterocycles. The van der Waals surface area contributed by atoms with Crippen LogP contribution in [0.3, 0.4) is 0 Å². The van der Waals surface area contributed by atoms with Crippen LogP contribution in [0, 0.1) is 0 Å². The molecule has 0 atom stereocenters. The van der Waals surface area contributed by atoms with Crippen LogP contribution in [-0.2, 0) is 0 Å². The summed E-state index contributed by atoms with van der Waals surface area (Å²) >= 11 is 1.79. The lowest BCUT2D eigenvalue weighted by Crippen LogP contribution is -1.91. The van der Waals surface area contributed by atoms with Gasteiger partial charge in [0.15, 0.2) is 0 Å². The molecule has 1 heterocycles. The lowest BCUT2D eigenvalue weighted by molar-refractivity contribution is 1.48. The molecule has 47 heavy (non-hydrogen) atoms. The van der Waals surface area contributed by atoms with Gasteiger partial charge in [0.1, 0.15) is 5.01 Å². The first-order chi connectivity index (χ1) is 23.3. The van der Waals surface area contributed by atoms with Gasteiger partial charge in [-0.1, -0.05) is 152 Å². The van der Waals surface area contributed by atoms with E-state index in [4.69, 9.17) is 4.98 Å². The SMILES string of the molecule is c1ccc(-c2nc3ccc4ccc5cc(-c6c7ccccc7c(-c7cccc8ccccc78)c7ccccc67)ccc5c4c3s2)cc1. The van der Waals surface area contributed by atoms with Crippen LogP contribution in [0.4, 0.5) is 0 Å². The number of hydrogen-bond acceptors (Lipinski definition) is 2. The van der Waals surface area contributed by atoms with Gasteiger partial charge in [0.25, 0.3) is 0 Å². The summed E-state index contributed by atoms with van der Waals surface area (Å²) in [5, 5.41) is 13.7. The van der Waals surface area contributed by atoms with E-state index in [-0.39, 0.29) is 0 Å². The van der Waals surface area contributed by atoms with Crippen molar-refractivity contribution in [3.05, 3.63) is 164 Å². The molecule has 0 spiro atoms. The second kappa shape index (κ2) is 10.3. The minimum Gasteiger partial charge on any atom is -0.236 e. The van der Waals surface area contributed by atoms with Crippen molar-refractivity contribution in [1.29, 1.82) is 0 Å². The molecule has 10 aromatic rings. The van der Waals surface area contributed by atoms with Gasteiger partial charge in [-0.2, -0.15) is 0 Å². The number of thiazole rings is 1. The number of hydrogen-bond donors (Lipinski definition) is 0. The summed E-state index contributed by atoms with van der Waals surface area (Å²) in [7, 11) is 0. The summed E-state index contributed by atoms with van der Waals surface area (Å²) in [5.74, 6) is 0. The quantitative estimate of drug-likeness (QED) is 0.143. The molecular weight excluding hydrogens is 587 g/mol. The summed E-state index contributed by atoms with van der Waals surface area (Å²) in [6.07, 6.45) is 0. The third-order valence-electron chi connectivity index (χ3n) is 9.65. The van der Waals surface area contributed by atoms with Crippen molar-refractivity contribution < 1.29 is 0 Å². The van der Waals surface area contributed by atoms with E-state index in [9.17, 15) is 0 Å². The van der Waals surface area contributed by atoms with E-state index in [1.165, 1.54) is 80.8 Å². The van der Waals surface area contributed by atoms with Crippen molar-refractivity contribution in [2.45, 2.75) is 0 Å². The summed E-state index contributed by atoms with van der Waals surface area (Å²) in [4.78, 5) is 5.04. The Labute approximate surface area is 276 Å². The Morgan fingerprint density at radius 1 is 0.383 bits per heavy atom. The van der Waals surface area contributed by atoms with Crippen LogP contribution in [0.5, 0.6) is 0 Å². The molecule has 0 aliphatic carbocycles. The average Bonchev–Trinajstić information content (AvgIpc) is 3.58. The zero-order valence-electron chi connectivity index (χ0n) is 25.4. The first-order valence-corrected chi connectivity index (χ1v) is 16.9. The normalized spacial score (nSPS) is 11.8. The Kier molecular flexibility index (Phi) is 5.81. The molecule has 0 N–H and O–H groups in total. The summed E-state index contributed by atoms with van der Waals surface area (Å²) in [6.45, 7) is 0. The van der Waals surface area contributed by atoms with Crippen molar-refractivity contribution in [1.82, 2.24) is 4.98 Å². The van der Waals surface area contributed by atoms with Gasteiger partial charge in [0, 0.05) is 10.9 Å². The van der Waals surface area contributed by atoms with Crippen LogP contribution in [0.1, 0.15) is 0 Å². The first-order valence-electron chi connectivity index (χ1n) is 16.1. The fourth-order valence-electron chi connectivity index (χ4n) is 7.56. The molecule has 218 valence electrons. The minimum atomic E-state index is 1.05. The molecule has 0 saturated carbocycles. The lowest BCUT2D eigenvalue weighted by atomic mass is 9.84. The van der Waals surface area contributed by atoms with Gasteiger partial charge in [-0.3, -0.25) is 0 Å². The van der Waals surface area contributed by atoms with E-state index in [1.807, 2.05) is 0 Å². The van der Waals surface area contributed by atoms with Gasteiger partial charge >= 0.3 is 0 Å². The summed E-state index contributed by atoms with van der Waals surface area (Å²) < 4.78 is 1.25. The second-order valence-electron chi connectivity index (χ2n) is 12.3. The largest absolute Gasteiger partial charge is 0.236 e. The highest BCUT2D eigenvalue weighted by Crippen LogP contribution is 2.46. The number of benzene rings is 9. The van der Waals surface area contributed by atoms with Crippen LogP contribution >= 0.6 is 11.3 Å². The van der Waals surface area contributed by atoms with Crippen molar-refractivity contribution in [3.8, 4) is 32.8 Å². The molecule has 0 saturated heterocycles. The standard InChI is InChI=1S/C45H27NS/c1-2-12-30(13-3-1)45-46-40-26-24-29-21-22-31-27-32(23-25-34(31)42(29)44(40)47-45)41-36-16-6-8-18-38(36)43(39-19-9-7-17-37(39)41)35-20-10-14-28-11-4-5-15-33(28)35/h1-27H. The average molecular weight is 614 g/mol. The van der Waals surface area contributed by atoms with E-state index in [2.05, 4.69) is 164 Å². The van der Waals surface area contributed by atoms with Gasteiger partial charge < -0.3 is 0 Å². The van der Waals surface area contributed by atoms with E-state index in [0.29, 0.717) is 0 Å². The van der Waals surface area contributed by atoms with Gasteiger partial charge in [0.2, 0.25) is 0 Å². The molecule has 0 radical (unpaired) electrons. The van der Waals surface area contributed by atoms with E-state index >= 15 is 0 Å². The number of fused-ring (bicyclic) bond motifs is 8. The molecule has 0 bridgehead atoms. The second-order valence-corrected chi connectivity index (χ2v) is 13.3. The van der Waals surface area contributed by atoms with Crippen molar-refractivity contribution in [2.24, 2.45) is 0 Å². The smallest absolute Gasteiger partial charge is 0.124 e. The van der Waals surface area contributed by atoms with Gasteiger partial charge in [-0.05, 0) is 82.9 Å². The highest BCUT2D eigenvalue weighted by Gasteiger charge is 2.19. The fraction of sp³-hybridized carbons (Fsp3) is 0. The van der Waals surface area contributed by atoms with Crippen LogP contribution in [0.15, 0.2) is 164 Å². The van der Waals surface area contributed by atoms with Crippen LogP contribution in [0.25, 0.3) is 96.9 Å².